The third-order valence-electron chi connectivity index (χ3n) is 4.77. The normalized spacial score (nSPS) is 24.0. The van der Waals surface area contributed by atoms with Crippen LogP contribution in [0, 0.1) is 17.7 Å². The van der Waals surface area contributed by atoms with Crippen LogP contribution in [0.4, 0.5) is 4.39 Å². The van der Waals surface area contributed by atoms with E-state index in [9.17, 15) is 9.50 Å². The van der Waals surface area contributed by atoms with Gasteiger partial charge in [0.1, 0.15) is 5.82 Å². The molecule has 0 spiro atoms. The molecule has 0 heterocycles. The molecule has 1 aromatic rings. The largest absolute Gasteiger partial charge is 0.392 e. The third-order valence-corrected chi connectivity index (χ3v) is 5.23. The molecular formula is C18H26BrFO. The minimum atomic E-state index is -0.342. The fourth-order valence-corrected chi connectivity index (χ4v) is 4.00. The predicted octanol–water partition coefficient (Wildman–Crippen LogP) is 5.49. The number of unbranched alkanes of at least 4 members (excludes halogenated alkanes) is 1. The van der Waals surface area contributed by atoms with Gasteiger partial charge in [-0.3, -0.25) is 0 Å². The monoisotopic (exact) mass is 356 g/mol. The van der Waals surface area contributed by atoms with E-state index in [0.29, 0.717) is 12.3 Å². The first-order valence-electron chi connectivity index (χ1n) is 8.21. The van der Waals surface area contributed by atoms with E-state index >= 15 is 0 Å². The third kappa shape index (κ3) is 5.37. The maximum atomic E-state index is 13.4. The highest BCUT2D eigenvalue weighted by Gasteiger charge is 2.26. The molecule has 1 nitrogen and oxygen atoms in total. The molecule has 21 heavy (non-hydrogen) atoms. The van der Waals surface area contributed by atoms with E-state index in [1.54, 1.807) is 0 Å². The predicted molar refractivity (Wildman–Crippen MR) is 88.8 cm³/mol. The molecule has 1 fully saturated rings. The fraction of sp³-hybridized carbons (Fsp3) is 0.667. The van der Waals surface area contributed by atoms with Crippen molar-refractivity contribution in [1.82, 2.24) is 0 Å². The summed E-state index contributed by atoms with van der Waals surface area (Å²) in [5.74, 6) is 0.997. The van der Waals surface area contributed by atoms with Crippen molar-refractivity contribution in [3.63, 3.8) is 0 Å². The van der Waals surface area contributed by atoms with Gasteiger partial charge in [0.15, 0.2) is 0 Å². The molecule has 1 atom stereocenters. The summed E-state index contributed by atoms with van der Waals surface area (Å²) in [6, 6.07) is 4.88. The van der Waals surface area contributed by atoms with Crippen LogP contribution < -0.4 is 0 Å². The lowest BCUT2D eigenvalue weighted by molar-refractivity contribution is 0.0725. The van der Waals surface area contributed by atoms with Crippen molar-refractivity contribution in [2.45, 2.75) is 64.4 Å². The van der Waals surface area contributed by atoms with Crippen LogP contribution in [0.5, 0.6) is 0 Å². The molecule has 1 aliphatic carbocycles. The molecule has 1 saturated carbocycles. The second-order valence-electron chi connectivity index (χ2n) is 6.47. The van der Waals surface area contributed by atoms with Crippen LogP contribution in [0.2, 0.25) is 0 Å². The molecule has 1 N–H and O–H groups in total. The van der Waals surface area contributed by atoms with E-state index in [4.69, 9.17) is 0 Å². The highest BCUT2D eigenvalue weighted by molar-refractivity contribution is 9.10. The average molecular weight is 357 g/mol. The lowest BCUT2D eigenvalue weighted by atomic mass is 9.76. The minimum absolute atomic E-state index is 0.241. The summed E-state index contributed by atoms with van der Waals surface area (Å²) < 4.78 is 14.1. The Morgan fingerprint density at radius 3 is 2.57 bits per heavy atom. The van der Waals surface area contributed by atoms with Crippen molar-refractivity contribution in [2.24, 2.45) is 11.8 Å². The van der Waals surface area contributed by atoms with Gasteiger partial charge in [0.25, 0.3) is 0 Å². The van der Waals surface area contributed by atoms with Gasteiger partial charge in [-0.1, -0.05) is 55.0 Å². The summed E-state index contributed by atoms with van der Waals surface area (Å²) in [6.45, 7) is 2.24. The van der Waals surface area contributed by atoms with E-state index in [2.05, 4.69) is 22.9 Å². The molecule has 118 valence electrons. The molecule has 0 aromatic heterocycles. The number of aliphatic hydroxyl groups excluding tert-OH is 1. The molecule has 0 amide bonds. The van der Waals surface area contributed by atoms with Gasteiger partial charge in [0, 0.05) is 4.47 Å². The second-order valence-corrected chi connectivity index (χ2v) is 7.39. The van der Waals surface area contributed by atoms with Crippen LogP contribution in [0.25, 0.3) is 0 Å². The first-order valence-corrected chi connectivity index (χ1v) is 9.00. The lowest BCUT2D eigenvalue weighted by Crippen LogP contribution is -2.27. The van der Waals surface area contributed by atoms with Gasteiger partial charge in [-0.05, 0) is 54.9 Å². The number of benzene rings is 1. The summed E-state index contributed by atoms with van der Waals surface area (Å²) in [4.78, 5) is 0. The van der Waals surface area contributed by atoms with Gasteiger partial charge < -0.3 is 5.11 Å². The van der Waals surface area contributed by atoms with Crippen LogP contribution in [0.3, 0.4) is 0 Å². The molecule has 0 saturated heterocycles. The number of aliphatic hydroxyl groups is 1. The molecule has 1 unspecified atom stereocenters. The van der Waals surface area contributed by atoms with Crippen molar-refractivity contribution >= 4 is 15.9 Å². The molecule has 0 aliphatic heterocycles. The topological polar surface area (TPSA) is 20.2 Å². The smallest absolute Gasteiger partial charge is 0.124 e. The van der Waals surface area contributed by atoms with E-state index < -0.39 is 0 Å². The minimum Gasteiger partial charge on any atom is -0.392 e. The summed E-state index contributed by atoms with van der Waals surface area (Å²) in [6.07, 6.45) is 8.88. The van der Waals surface area contributed by atoms with Crippen LogP contribution >= 0.6 is 15.9 Å². The average Bonchev–Trinajstić information content (AvgIpc) is 2.44. The quantitative estimate of drug-likeness (QED) is 0.714. The van der Waals surface area contributed by atoms with Crippen molar-refractivity contribution in [3.05, 3.63) is 34.1 Å². The molecule has 1 aromatic carbocycles. The van der Waals surface area contributed by atoms with Gasteiger partial charge in [0.2, 0.25) is 0 Å². The second kappa shape index (κ2) is 8.28. The zero-order valence-electron chi connectivity index (χ0n) is 12.8. The highest BCUT2D eigenvalue weighted by Crippen LogP contribution is 2.34. The molecule has 1 aliphatic rings. The standard InChI is InChI=1S/C18H26BrFO/c1-2-3-4-13-5-7-15(8-6-13)18(21)11-14-9-16(19)12-17(20)10-14/h9-10,12-13,15,18,21H,2-8,11H2,1H3. The maximum Gasteiger partial charge on any atom is 0.124 e. The van der Waals surface area contributed by atoms with Crippen molar-refractivity contribution in [1.29, 1.82) is 0 Å². The summed E-state index contributed by atoms with van der Waals surface area (Å²) >= 11 is 3.31. The van der Waals surface area contributed by atoms with Crippen molar-refractivity contribution in [3.8, 4) is 0 Å². The van der Waals surface area contributed by atoms with E-state index in [-0.39, 0.29) is 11.9 Å². The first kappa shape index (κ1) is 17.0. The van der Waals surface area contributed by atoms with Gasteiger partial charge >= 0.3 is 0 Å². The molecule has 3 heteroatoms. The maximum absolute atomic E-state index is 13.4. The summed E-state index contributed by atoms with van der Waals surface area (Å²) in [5, 5.41) is 10.4. The van der Waals surface area contributed by atoms with Gasteiger partial charge in [-0.15, -0.1) is 0 Å². The molecule has 0 bridgehead atoms. The lowest BCUT2D eigenvalue weighted by Gasteiger charge is -2.31. The first-order chi connectivity index (χ1) is 10.1. The number of halogens is 2. The zero-order valence-corrected chi connectivity index (χ0v) is 14.4. The molecular weight excluding hydrogens is 331 g/mol. The Balaban J connectivity index is 1.83. The Labute approximate surface area is 136 Å². The van der Waals surface area contributed by atoms with Gasteiger partial charge in [-0.2, -0.15) is 0 Å². The number of hydrogen-bond acceptors (Lipinski definition) is 1. The van der Waals surface area contributed by atoms with E-state index in [1.807, 2.05) is 6.07 Å². The van der Waals surface area contributed by atoms with Crippen LogP contribution in [0.15, 0.2) is 22.7 Å². The van der Waals surface area contributed by atoms with E-state index in [0.717, 1.165) is 28.8 Å². The Morgan fingerprint density at radius 2 is 1.95 bits per heavy atom. The Hall–Kier alpha value is -0.410. The van der Waals surface area contributed by atoms with Crippen LogP contribution in [-0.4, -0.2) is 11.2 Å². The highest BCUT2D eigenvalue weighted by atomic mass is 79.9. The Kier molecular flexibility index (Phi) is 6.69. The van der Waals surface area contributed by atoms with Crippen molar-refractivity contribution < 1.29 is 9.50 Å². The Bertz CT molecular complexity index is 421. The Morgan fingerprint density at radius 1 is 1.24 bits per heavy atom. The van der Waals surface area contributed by atoms with Crippen molar-refractivity contribution in [2.75, 3.05) is 0 Å². The van der Waals surface area contributed by atoms with Crippen LogP contribution in [-0.2, 0) is 6.42 Å². The van der Waals surface area contributed by atoms with Gasteiger partial charge in [0.05, 0.1) is 6.10 Å². The SMILES string of the molecule is CCCCC1CCC(C(O)Cc2cc(F)cc(Br)c2)CC1. The van der Waals surface area contributed by atoms with Crippen LogP contribution in [0.1, 0.15) is 57.4 Å². The molecule has 0 radical (unpaired) electrons. The van der Waals surface area contributed by atoms with E-state index in [1.165, 1.54) is 44.2 Å². The molecule has 2 rings (SSSR count). The zero-order chi connectivity index (χ0) is 15.2. The number of hydrogen-bond donors (Lipinski definition) is 1. The summed E-state index contributed by atoms with van der Waals surface area (Å²) in [5.41, 5.74) is 0.877. The van der Waals surface area contributed by atoms with Gasteiger partial charge in [-0.25, -0.2) is 4.39 Å². The fourth-order valence-electron chi connectivity index (χ4n) is 3.49. The summed E-state index contributed by atoms with van der Waals surface area (Å²) in [7, 11) is 0. The number of rotatable bonds is 6.